The number of amides is 1. The molecule has 1 aliphatic carbocycles. The maximum atomic E-state index is 12.7. The van der Waals surface area contributed by atoms with Crippen molar-refractivity contribution in [2.24, 2.45) is 5.92 Å². The van der Waals surface area contributed by atoms with Crippen LogP contribution in [0.1, 0.15) is 30.7 Å². The molecule has 0 spiro atoms. The van der Waals surface area contributed by atoms with Crippen LogP contribution in [0.25, 0.3) is 0 Å². The van der Waals surface area contributed by atoms with Gasteiger partial charge in [-0.15, -0.1) is 0 Å². The van der Waals surface area contributed by atoms with E-state index in [0.717, 1.165) is 25.1 Å². The molecule has 5 nitrogen and oxygen atoms in total. The van der Waals surface area contributed by atoms with Crippen molar-refractivity contribution in [1.82, 2.24) is 14.5 Å². The van der Waals surface area contributed by atoms with Crippen LogP contribution < -0.4 is 0 Å². The fourth-order valence-electron chi connectivity index (χ4n) is 3.43. The quantitative estimate of drug-likeness (QED) is 0.868. The van der Waals surface area contributed by atoms with Crippen molar-refractivity contribution < 1.29 is 9.53 Å². The first-order valence-corrected chi connectivity index (χ1v) is 8.74. The third-order valence-electron chi connectivity index (χ3n) is 5.06. The molecule has 0 N–H and O–H groups in total. The van der Waals surface area contributed by atoms with Crippen LogP contribution in [0.15, 0.2) is 42.7 Å². The summed E-state index contributed by atoms with van der Waals surface area (Å²) in [4.78, 5) is 19.0. The van der Waals surface area contributed by atoms with Gasteiger partial charge < -0.3 is 14.2 Å². The van der Waals surface area contributed by atoms with Crippen LogP contribution >= 0.6 is 0 Å². The fraction of sp³-hybridized carbons (Fsp3) is 0.474. The second-order valence-electron chi connectivity index (χ2n) is 6.75. The van der Waals surface area contributed by atoms with Crippen LogP contribution in [0, 0.1) is 5.92 Å². The Kier molecular flexibility index (Phi) is 4.34. The molecule has 1 fully saturated rings. The lowest BCUT2D eigenvalue weighted by molar-refractivity contribution is -0.140. The predicted molar refractivity (Wildman–Crippen MR) is 90.0 cm³/mol. The van der Waals surface area contributed by atoms with E-state index < -0.39 is 0 Å². The highest BCUT2D eigenvalue weighted by molar-refractivity contribution is 5.79. The molecule has 0 saturated heterocycles. The summed E-state index contributed by atoms with van der Waals surface area (Å²) in [7, 11) is 0. The molecule has 1 aliphatic heterocycles. The Morgan fingerprint density at radius 3 is 2.88 bits per heavy atom. The van der Waals surface area contributed by atoms with E-state index in [1.165, 1.54) is 12.1 Å². The van der Waals surface area contributed by atoms with Gasteiger partial charge in [0.05, 0.1) is 31.5 Å². The van der Waals surface area contributed by atoms with Crippen molar-refractivity contribution in [1.29, 1.82) is 0 Å². The van der Waals surface area contributed by atoms with Gasteiger partial charge >= 0.3 is 0 Å². The lowest BCUT2D eigenvalue weighted by atomic mass is 9.84. The lowest BCUT2D eigenvalue weighted by Crippen LogP contribution is -2.42. The van der Waals surface area contributed by atoms with E-state index in [1.807, 2.05) is 29.2 Å². The number of pyridine rings is 1. The second-order valence-corrected chi connectivity index (χ2v) is 6.75. The number of carbonyl (C=O) groups excluding carboxylic acids is 1. The van der Waals surface area contributed by atoms with Gasteiger partial charge in [-0.25, -0.2) is 0 Å². The Hall–Kier alpha value is -2.14. The molecule has 1 saturated carbocycles. The van der Waals surface area contributed by atoms with Gasteiger partial charge in [-0.1, -0.05) is 12.5 Å². The number of carbonyl (C=O) groups is 1. The molecular weight excluding hydrogens is 302 g/mol. The van der Waals surface area contributed by atoms with Crippen LogP contribution in [0.2, 0.25) is 0 Å². The van der Waals surface area contributed by atoms with Gasteiger partial charge in [0.1, 0.15) is 0 Å². The fourth-order valence-corrected chi connectivity index (χ4v) is 3.43. The van der Waals surface area contributed by atoms with Crippen molar-refractivity contribution in [3.63, 3.8) is 0 Å². The summed E-state index contributed by atoms with van der Waals surface area (Å²) in [6, 6.07) is 9.98. The lowest BCUT2D eigenvalue weighted by Gasteiger charge is -2.32. The van der Waals surface area contributed by atoms with E-state index in [9.17, 15) is 4.79 Å². The first kappa shape index (κ1) is 15.4. The normalized spacial score (nSPS) is 21.0. The molecule has 0 unspecified atom stereocenters. The molecule has 0 bridgehead atoms. The maximum absolute atomic E-state index is 12.7. The number of aromatic nitrogens is 2. The van der Waals surface area contributed by atoms with E-state index in [1.54, 1.807) is 6.20 Å². The molecule has 0 radical (unpaired) electrons. The molecule has 1 amide bonds. The molecule has 4 rings (SSSR count). The highest BCUT2D eigenvalue weighted by Gasteiger charge is 2.32. The Morgan fingerprint density at radius 1 is 1.21 bits per heavy atom. The van der Waals surface area contributed by atoms with E-state index in [-0.39, 0.29) is 12.0 Å². The zero-order valence-electron chi connectivity index (χ0n) is 13.8. The van der Waals surface area contributed by atoms with Gasteiger partial charge in [-0.3, -0.25) is 9.78 Å². The largest absolute Gasteiger partial charge is 0.368 e. The van der Waals surface area contributed by atoms with Crippen molar-refractivity contribution >= 4 is 5.91 Å². The average molecular weight is 325 g/mol. The van der Waals surface area contributed by atoms with E-state index in [4.69, 9.17) is 4.74 Å². The molecule has 2 aromatic rings. The molecule has 2 aromatic heterocycles. The van der Waals surface area contributed by atoms with Crippen LogP contribution in [-0.4, -0.2) is 33.0 Å². The maximum Gasteiger partial charge on any atom is 0.226 e. The third kappa shape index (κ3) is 3.22. The first-order chi connectivity index (χ1) is 11.8. The van der Waals surface area contributed by atoms with Crippen molar-refractivity contribution in [3.05, 3.63) is 54.1 Å². The highest BCUT2D eigenvalue weighted by Crippen LogP contribution is 2.29. The Morgan fingerprint density at radius 2 is 2.12 bits per heavy atom. The number of rotatable bonds is 4. The molecule has 5 heteroatoms. The zero-order valence-corrected chi connectivity index (χ0v) is 13.8. The number of ether oxygens (including phenoxy) is 1. The average Bonchev–Trinajstić information content (AvgIpc) is 2.90. The number of fused-ring (bicyclic) bond motifs is 1. The summed E-state index contributed by atoms with van der Waals surface area (Å²) in [6.45, 7) is 2.60. The van der Waals surface area contributed by atoms with Crippen molar-refractivity contribution in [2.75, 3.05) is 6.54 Å². The van der Waals surface area contributed by atoms with Crippen LogP contribution in [0.5, 0.6) is 0 Å². The molecule has 2 aliphatic rings. The number of hydrogen-bond acceptors (Lipinski definition) is 3. The molecular formula is C19H23N3O2. The van der Waals surface area contributed by atoms with Crippen molar-refractivity contribution in [3.8, 4) is 0 Å². The molecule has 24 heavy (non-hydrogen) atoms. The van der Waals surface area contributed by atoms with Crippen molar-refractivity contribution in [2.45, 2.75) is 45.1 Å². The third-order valence-corrected chi connectivity index (χ3v) is 5.06. The van der Waals surface area contributed by atoms with Gasteiger partial charge in [-0.05, 0) is 37.1 Å². The minimum atomic E-state index is -0.00955. The van der Waals surface area contributed by atoms with Crippen LogP contribution in [-0.2, 0) is 29.2 Å². The van der Waals surface area contributed by atoms with Crippen LogP contribution in [0.3, 0.4) is 0 Å². The van der Waals surface area contributed by atoms with Gasteiger partial charge in [0, 0.05) is 30.6 Å². The topological polar surface area (TPSA) is 47.4 Å². The first-order valence-electron chi connectivity index (χ1n) is 8.74. The van der Waals surface area contributed by atoms with E-state index in [2.05, 4.69) is 21.8 Å². The standard InChI is InChI=1S/C19H23N3O2/c23-19(15-5-3-6-15)22-11-17-8-4-10-21(17)12-18(13-22)24-14-16-7-1-2-9-20-16/h1-2,4,7-10,15,18H,3,5-6,11-14H2/t18-/m0/s1. The van der Waals surface area contributed by atoms with Crippen LogP contribution in [0.4, 0.5) is 0 Å². The minimum absolute atomic E-state index is 0.00955. The Bertz CT molecular complexity index is 694. The summed E-state index contributed by atoms with van der Waals surface area (Å²) < 4.78 is 8.32. The Balaban J connectivity index is 1.47. The number of nitrogens with zero attached hydrogens (tertiary/aromatic N) is 3. The predicted octanol–water partition coefficient (Wildman–Crippen LogP) is 2.61. The summed E-state index contributed by atoms with van der Waals surface area (Å²) in [5.74, 6) is 0.519. The van der Waals surface area contributed by atoms with E-state index in [0.29, 0.717) is 25.6 Å². The molecule has 3 heterocycles. The molecule has 126 valence electrons. The molecule has 1 atom stereocenters. The second kappa shape index (κ2) is 6.77. The van der Waals surface area contributed by atoms with Gasteiger partial charge in [0.15, 0.2) is 0 Å². The minimum Gasteiger partial charge on any atom is -0.368 e. The highest BCUT2D eigenvalue weighted by atomic mass is 16.5. The summed E-state index contributed by atoms with van der Waals surface area (Å²) in [6.07, 6.45) is 7.10. The zero-order chi connectivity index (χ0) is 16.4. The monoisotopic (exact) mass is 325 g/mol. The van der Waals surface area contributed by atoms with E-state index >= 15 is 0 Å². The summed E-state index contributed by atoms with van der Waals surface area (Å²) in [5.41, 5.74) is 2.11. The van der Waals surface area contributed by atoms with Gasteiger partial charge in [0.2, 0.25) is 5.91 Å². The summed E-state index contributed by atoms with van der Waals surface area (Å²) in [5, 5.41) is 0. The van der Waals surface area contributed by atoms with Gasteiger partial charge in [-0.2, -0.15) is 0 Å². The molecule has 0 aromatic carbocycles. The Labute approximate surface area is 142 Å². The van der Waals surface area contributed by atoms with Gasteiger partial charge in [0.25, 0.3) is 0 Å². The summed E-state index contributed by atoms with van der Waals surface area (Å²) >= 11 is 0. The SMILES string of the molecule is O=C(C1CCC1)N1Cc2cccn2C[C@H](OCc2ccccn2)C1. The smallest absolute Gasteiger partial charge is 0.226 e. The number of hydrogen-bond donors (Lipinski definition) is 0.